The van der Waals surface area contributed by atoms with E-state index in [0.29, 0.717) is 10.5 Å². The van der Waals surface area contributed by atoms with Crippen molar-refractivity contribution in [3.63, 3.8) is 0 Å². The molecular weight excluding hydrogens is 292 g/mol. The van der Waals surface area contributed by atoms with Crippen LogP contribution in [0.2, 0.25) is 5.02 Å². The number of halogens is 1. The lowest BCUT2D eigenvalue weighted by molar-refractivity contribution is -0.138. The first-order valence-electron chi connectivity index (χ1n) is 6.48. The molecule has 1 aromatic carbocycles. The van der Waals surface area contributed by atoms with Crippen LogP contribution in [0.4, 0.5) is 0 Å². The maximum absolute atomic E-state index is 12.5. The molecule has 6 heteroatoms. The molecule has 0 atom stereocenters. The van der Waals surface area contributed by atoms with Crippen LogP contribution in [0.3, 0.4) is 0 Å². The summed E-state index contributed by atoms with van der Waals surface area (Å²) in [6.45, 7) is 3.13. The Morgan fingerprint density at radius 1 is 1.33 bits per heavy atom. The first-order chi connectivity index (χ1) is 9.90. The van der Waals surface area contributed by atoms with E-state index in [0.717, 1.165) is 5.39 Å². The Hall–Kier alpha value is -2.14. The van der Waals surface area contributed by atoms with Crippen LogP contribution in [0.15, 0.2) is 30.3 Å². The minimum Gasteiger partial charge on any atom is -0.480 e. The van der Waals surface area contributed by atoms with Gasteiger partial charge in [0.15, 0.2) is 0 Å². The number of fused-ring (bicyclic) bond motifs is 1. The molecule has 2 rings (SSSR count). The van der Waals surface area contributed by atoms with Gasteiger partial charge in [-0.25, -0.2) is 4.98 Å². The minimum absolute atomic E-state index is 0.147. The number of hydrogen-bond acceptors (Lipinski definition) is 3. The smallest absolute Gasteiger partial charge is 0.323 e. The average molecular weight is 307 g/mol. The van der Waals surface area contributed by atoms with Crippen molar-refractivity contribution in [1.29, 1.82) is 0 Å². The molecule has 1 N–H and O–H groups in total. The fraction of sp³-hybridized carbons (Fsp3) is 0.267. The Balaban J connectivity index is 2.44. The molecule has 2 aromatic rings. The molecule has 0 radical (unpaired) electrons. The van der Waals surface area contributed by atoms with Crippen LogP contribution < -0.4 is 0 Å². The number of carbonyl (C=O) groups is 2. The highest BCUT2D eigenvalue weighted by molar-refractivity contribution is 6.35. The van der Waals surface area contributed by atoms with Gasteiger partial charge in [0.2, 0.25) is 0 Å². The highest BCUT2D eigenvalue weighted by atomic mass is 35.5. The summed E-state index contributed by atoms with van der Waals surface area (Å²) < 4.78 is 0. The maximum Gasteiger partial charge on any atom is 0.323 e. The fourth-order valence-electron chi connectivity index (χ4n) is 2.02. The van der Waals surface area contributed by atoms with Crippen LogP contribution >= 0.6 is 11.6 Å². The van der Waals surface area contributed by atoms with Crippen molar-refractivity contribution in [2.45, 2.75) is 19.9 Å². The zero-order chi connectivity index (χ0) is 15.6. The average Bonchev–Trinajstić information content (AvgIpc) is 2.43. The molecule has 1 heterocycles. The summed E-state index contributed by atoms with van der Waals surface area (Å²) in [6.07, 6.45) is 0. The van der Waals surface area contributed by atoms with Gasteiger partial charge in [0.25, 0.3) is 5.91 Å². The van der Waals surface area contributed by atoms with E-state index in [2.05, 4.69) is 4.98 Å². The van der Waals surface area contributed by atoms with Crippen LogP contribution in [0.5, 0.6) is 0 Å². The van der Waals surface area contributed by atoms with Crippen molar-refractivity contribution in [2.75, 3.05) is 6.54 Å². The molecule has 0 saturated heterocycles. The molecule has 1 amide bonds. The van der Waals surface area contributed by atoms with Crippen LogP contribution in [0.25, 0.3) is 10.9 Å². The van der Waals surface area contributed by atoms with Gasteiger partial charge in [-0.15, -0.1) is 0 Å². The first-order valence-corrected chi connectivity index (χ1v) is 6.86. The minimum atomic E-state index is -1.07. The lowest BCUT2D eigenvalue weighted by Gasteiger charge is -2.24. The van der Waals surface area contributed by atoms with Crippen molar-refractivity contribution in [2.24, 2.45) is 0 Å². The Bertz CT molecular complexity index is 700. The van der Waals surface area contributed by atoms with Gasteiger partial charge in [-0.1, -0.05) is 29.8 Å². The Labute approximate surface area is 127 Å². The maximum atomic E-state index is 12.5. The van der Waals surface area contributed by atoms with Crippen molar-refractivity contribution in [3.05, 3.63) is 41.0 Å². The summed E-state index contributed by atoms with van der Waals surface area (Å²) in [6, 6.07) is 8.44. The van der Waals surface area contributed by atoms with E-state index in [9.17, 15) is 9.59 Å². The lowest BCUT2D eigenvalue weighted by atomic mass is 10.2. The molecule has 0 unspecified atom stereocenters. The fourth-order valence-corrected chi connectivity index (χ4v) is 2.29. The van der Waals surface area contributed by atoms with E-state index < -0.39 is 11.9 Å². The molecule has 0 aliphatic carbocycles. The van der Waals surface area contributed by atoms with Gasteiger partial charge >= 0.3 is 5.97 Å². The van der Waals surface area contributed by atoms with E-state index in [1.54, 1.807) is 26.0 Å². The van der Waals surface area contributed by atoms with Gasteiger partial charge < -0.3 is 10.0 Å². The molecule has 21 heavy (non-hydrogen) atoms. The number of amides is 1. The number of nitrogens with zero attached hydrogens (tertiary/aromatic N) is 2. The second-order valence-electron chi connectivity index (χ2n) is 4.93. The van der Waals surface area contributed by atoms with Gasteiger partial charge in [0.05, 0.1) is 10.5 Å². The molecule has 0 saturated carbocycles. The molecule has 0 spiro atoms. The summed E-state index contributed by atoms with van der Waals surface area (Å²) in [7, 11) is 0. The zero-order valence-corrected chi connectivity index (χ0v) is 12.5. The van der Waals surface area contributed by atoms with Gasteiger partial charge in [-0.3, -0.25) is 9.59 Å². The van der Waals surface area contributed by atoms with Crippen molar-refractivity contribution >= 4 is 34.4 Å². The lowest BCUT2D eigenvalue weighted by Crippen LogP contribution is -2.41. The number of hydrogen-bond donors (Lipinski definition) is 1. The standard InChI is InChI=1S/C15H15ClN2O3/c1-9(2)18(8-14(19)20)15(21)13-7-11(16)10-5-3-4-6-12(10)17-13/h3-7,9H,8H2,1-2H3,(H,19,20). The highest BCUT2D eigenvalue weighted by Crippen LogP contribution is 2.23. The first kappa shape index (κ1) is 15.3. The Morgan fingerprint density at radius 2 is 2.00 bits per heavy atom. The highest BCUT2D eigenvalue weighted by Gasteiger charge is 2.23. The number of aliphatic carboxylic acids is 1. The predicted octanol–water partition coefficient (Wildman–Crippen LogP) is 2.82. The number of para-hydroxylation sites is 1. The number of rotatable bonds is 4. The molecule has 0 aliphatic heterocycles. The zero-order valence-electron chi connectivity index (χ0n) is 11.7. The molecule has 0 aliphatic rings. The molecule has 110 valence electrons. The quantitative estimate of drug-likeness (QED) is 0.943. The number of carbonyl (C=O) groups excluding carboxylic acids is 1. The number of carboxylic acids is 1. The third-order valence-corrected chi connectivity index (χ3v) is 3.39. The summed E-state index contributed by atoms with van der Waals surface area (Å²) in [5.41, 5.74) is 0.751. The number of carboxylic acid groups (broad SMARTS) is 1. The Morgan fingerprint density at radius 3 is 2.62 bits per heavy atom. The SMILES string of the molecule is CC(C)N(CC(=O)O)C(=O)c1cc(Cl)c2ccccc2n1. The van der Waals surface area contributed by atoms with Crippen molar-refractivity contribution < 1.29 is 14.7 Å². The van der Waals surface area contributed by atoms with E-state index in [1.807, 2.05) is 12.1 Å². The summed E-state index contributed by atoms with van der Waals surface area (Å²) in [5, 5.41) is 10.1. The van der Waals surface area contributed by atoms with Crippen LogP contribution in [0.1, 0.15) is 24.3 Å². The van der Waals surface area contributed by atoms with Crippen LogP contribution in [-0.4, -0.2) is 39.5 Å². The van der Waals surface area contributed by atoms with Crippen LogP contribution in [-0.2, 0) is 4.79 Å². The van der Waals surface area contributed by atoms with E-state index >= 15 is 0 Å². The Kier molecular flexibility index (Phi) is 4.43. The number of aromatic nitrogens is 1. The van der Waals surface area contributed by atoms with Crippen LogP contribution in [0, 0.1) is 0 Å². The third-order valence-electron chi connectivity index (χ3n) is 3.07. The normalized spacial score (nSPS) is 10.9. The van der Waals surface area contributed by atoms with Gasteiger partial charge in [-0.2, -0.15) is 0 Å². The summed E-state index contributed by atoms with van der Waals surface area (Å²) in [5.74, 6) is -1.51. The molecule has 5 nitrogen and oxygen atoms in total. The van der Waals surface area contributed by atoms with Gasteiger partial charge in [0, 0.05) is 11.4 Å². The van der Waals surface area contributed by atoms with E-state index in [-0.39, 0.29) is 18.3 Å². The molecule has 1 aromatic heterocycles. The summed E-state index contributed by atoms with van der Waals surface area (Å²) in [4.78, 5) is 28.9. The number of pyridine rings is 1. The van der Waals surface area contributed by atoms with E-state index in [1.165, 1.54) is 11.0 Å². The molecule has 0 bridgehead atoms. The molecule has 0 fully saturated rings. The monoisotopic (exact) mass is 306 g/mol. The third kappa shape index (κ3) is 3.31. The summed E-state index contributed by atoms with van der Waals surface area (Å²) >= 11 is 6.17. The second-order valence-corrected chi connectivity index (χ2v) is 5.33. The van der Waals surface area contributed by atoms with Crippen molar-refractivity contribution in [1.82, 2.24) is 9.88 Å². The number of benzene rings is 1. The topological polar surface area (TPSA) is 70.5 Å². The largest absolute Gasteiger partial charge is 0.480 e. The van der Waals surface area contributed by atoms with Gasteiger partial charge in [-0.05, 0) is 26.0 Å². The van der Waals surface area contributed by atoms with Gasteiger partial charge in [0.1, 0.15) is 12.2 Å². The molecular formula is C15H15ClN2O3. The van der Waals surface area contributed by atoms with E-state index in [4.69, 9.17) is 16.7 Å². The predicted molar refractivity (Wildman–Crippen MR) is 80.6 cm³/mol. The van der Waals surface area contributed by atoms with Crippen molar-refractivity contribution in [3.8, 4) is 0 Å². The second kappa shape index (κ2) is 6.10.